The normalized spacial score (nSPS) is 23.3. The topological polar surface area (TPSA) is 73.6 Å². The summed E-state index contributed by atoms with van der Waals surface area (Å²) in [7, 11) is 0. The van der Waals surface area contributed by atoms with Crippen molar-refractivity contribution in [3.63, 3.8) is 0 Å². The largest absolute Gasteiger partial charge is 0.457 e. The first-order valence-corrected chi connectivity index (χ1v) is 9.37. The van der Waals surface area contributed by atoms with Crippen LogP contribution in [0.1, 0.15) is 32.8 Å². The highest BCUT2D eigenvalue weighted by atomic mass is 16.5. The van der Waals surface area contributed by atoms with Crippen molar-refractivity contribution in [2.24, 2.45) is 11.1 Å². The summed E-state index contributed by atoms with van der Waals surface area (Å²) in [5.74, 6) is 1.42. The van der Waals surface area contributed by atoms with Gasteiger partial charge in [0.25, 0.3) is 0 Å². The summed E-state index contributed by atoms with van der Waals surface area (Å²) < 4.78 is 11.5. The first-order valence-electron chi connectivity index (χ1n) is 9.37. The third kappa shape index (κ3) is 3.84. The van der Waals surface area contributed by atoms with Crippen LogP contribution in [0.3, 0.4) is 0 Å². The molecule has 0 saturated heterocycles. The highest BCUT2D eigenvalue weighted by Gasteiger charge is 2.62. The van der Waals surface area contributed by atoms with Gasteiger partial charge in [0.1, 0.15) is 17.0 Å². The van der Waals surface area contributed by atoms with E-state index in [4.69, 9.17) is 15.2 Å². The Morgan fingerprint density at radius 3 is 2.33 bits per heavy atom. The zero-order valence-electron chi connectivity index (χ0n) is 16.2. The lowest BCUT2D eigenvalue weighted by Gasteiger charge is -2.57. The smallest absolute Gasteiger partial charge is 0.241 e. The lowest BCUT2D eigenvalue weighted by Crippen LogP contribution is -2.75. The van der Waals surface area contributed by atoms with Crippen LogP contribution in [0.25, 0.3) is 0 Å². The van der Waals surface area contributed by atoms with E-state index in [-0.39, 0.29) is 17.4 Å². The van der Waals surface area contributed by atoms with Gasteiger partial charge in [-0.3, -0.25) is 4.79 Å². The summed E-state index contributed by atoms with van der Waals surface area (Å²) in [5.41, 5.74) is 6.11. The Morgan fingerprint density at radius 2 is 1.74 bits per heavy atom. The molecule has 5 heteroatoms. The van der Waals surface area contributed by atoms with Crippen LogP contribution >= 0.6 is 0 Å². The molecule has 1 saturated carbocycles. The summed E-state index contributed by atoms with van der Waals surface area (Å²) in [5, 5.41) is 2.97. The summed E-state index contributed by atoms with van der Waals surface area (Å²) >= 11 is 0. The van der Waals surface area contributed by atoms with Gasteiger partial charge in [-0.2, -0.15) is 0 Å². The van der Waals surface area contributed by atoms with E-state index >= 15 is 0 Å². The van der Waals surface area contributed by atoms with Crippen LogP contribution in [0.4, 0.5) is 0 Å². The highest BCUT2D eigenvalue weighted by molar-refractivity contribution is 5.88. The SMILES string of the molecule is CCOC1CC(N)(C(=O)NCc2ccc(Oc3ccccc3)cc2)C1(C)C. The predicted molar refractivity (Wildman–Crippen MR) is 106 cm³/mol. The molecule has 2 unspecified atom stereocenters. The minimum atomic E-state index is -0.900. The molecule has 1 aliphatic carbocycles. The van der Waals surface area contributed by atoms with Crippen molar-refractivity contribution in [3.05, 3.63) is 60.2 Å². The number of hydrogen-bond donors (Lipinski definition) is 2. The van der Waals surface area contributed by atoms with E-state index in [9.17, 15) is 4.79 Å². The van der Waals surface area contributed by atoms with Crippen LogP contribution in [0.15, 0.2) is 54.6 Å². The maximum atomic E-state index is 12.7. The van der Waals surface area contributed by atoms with Gasteiger partial charge >= 0.3 is 0 Å². The number of carbonyl (C=O) groups excluding carboxylic acids is 1. The van der Waals surface area contributed by atoms with Crippen molar-refractivity contribution in [2.75, 3.05) is 6.61 Å². The molecule has 0 aliphatic heterocycles. The maximum absolute atomic E-state index is 12.7. The zero-order chi connectivity index (χ0) is 19.5. The van der Waals surface area contributed by atoms with Gasteiger partial charge in [-0.1, -0.05) is 44.2 Å². The number of nitrogens with two attached hydrogens (primary N) is 1. The molecule has 2 atom stereocenters. The molecule has 144 valence electrons. The van der Waals surface area contributed by atoms with Crippen molar-refractivity contribution >= 4 is 5.91 Å². The van der Waals surface area contributed by atoms with Crippen LogP contribution < -0.4 is 15.8 Å². The number of para-hydroxylation sites is 1. The van der Waals surface area contributed by atoms with Crippen LogP contribution in [0.5, 0.6) is 11.5 Å². The number of ether oxygens (including phenoxy) is 2. The fourth-order valence-electron chi connectivity index (χ4n) is 3.46. The van der Waals surface area contributed by atoms with Crippen molar-refractivity contribution < 1.29 is 14.3 Å². The molecule has 2 aromatic rings. The standard InChI is InChI=1S/C22H28N2O3/c1-4-26-19-14-22(23,21(19,2)3)20(25)24-15-16-10-12-18(13-11-16)27-17-8-6-5-7-9-17/h5-13,19H,4,14-15,23H2,1-3H3,(H,24,25). The highest BCUT2D eigenvalue weighted by Crippen LogP contribution is 2.49. The molecule has 1 fully saturated rings. The van der Waals surface area contributed by atoms with Crippen LogP contribution in [0, 0.1) is 5.41 Å². The van der Waals surface area contributed by atoms with Gasteiger partial charge in [0, 0.05) is 25.0 Å². The number of nitrogens with one attached hydrogen (secondary N) is 1. The quantitative estimate of drug-likeness (QED) is 0.783. The van der Waals surface area contributed by atoms with Gasteiger partial charge in [0.05, 0.1) is 6.10 Å². The van der Waals surface area contributed by atoms with E-state index < -0.39 is 5.54 Å². The second-order valence-electron chi connectivity index (χ2n) is 7.58. The third-order valence-corrected chi connectivity index (χ3v) is 5.59. The van der Waals surface area contributed by atoms with Gasteiger partial charge in [-0.15, -0.1) is 0 Å². The Hall–Kier alpha value is -2.37. The Balaban J connectivity index is 1.55. The Bertz CT molecular complexity index is 774. The summed E-state index contributed by atoms with van der Waals surface area (Å²) in [6, 6.07) is 17.3. The first kappa shape index (κ1) is 19.4. The second kappa shape index (κ2) is 7.71. The molecule has 0 spiro atoms. The first-order chi connectivity index (χ1) is 12.9. The molecule has 0 bridgehead atoms. The minimum absolute atomic E-state index is 0.0210. The van der Waals surface area contributed by atoms with Crippen LogP contribution in [0.2, 0.25) is 0 Å². The number of rotatable bonds is 7. The van der Waals surface area contributed by atoms with E-state index in [0.29, 0.717) is 19.6 Å². The zero-order valence-corrected chi connectivity index (χ0v) is 16.2. The van der Waals surface area contributed by atoms with Crippen molar-refractivity contribution in [1.29, 1.82) is 0 Å². The number of hydrogen-bond acceptors (Lipinski definition) is 4. The number of amides is 1. The lowest BCUT2D eigenvalue weighted by molar-refractivity contribution is -0.170. The Morgan fingerprint density at radius 1 is 1.11 bits per heavy atom. The fraction of sp³-hybridized carbons (Fsp3) is 0.409. The van der Waals surface area contributed by atoms with E-state index in [2.05, 4.69) is 5.32 Å². The molecule has 0 heterocycles. The molecule has 5 nitrogen and oxygen atoms in total. The maximum Gasteiger partial charge on any atom is 0.241 e. The molecule has 3 rings (SSSR count). The van der Waals surface area contributed by atoms with Crippen molar-refractivity contribution in [2.45, 2.75) is 45.4 Å². The van der Waals surface area contributed by atoms with Gasteiger partial charge in [0.15, 0.2) is 0 Å². The fourth-order valence-corrected chi connectivity index (χ4v) is 3.46. The van der Waals surface area contributed by atoms with Crippen molar-refractivity contribution in [1.82, 2.24) is 5.32 Å². The molecule has 1 amide bonds. The molecule has 3 N–H and O–H groups in total. The molecular formula is C22H28N2O3. The van der Waals surface area contributed by atoms with Gasteiger partial charge in [0.2, 0.25) is 5.91 Å². The molecule has 0 aromatic heterocycles. The number of carbonyl (C=O) groups is 1. The van der Waals surface area contributed by atoms with E-state index in [1.807, 2.05) is 75.4 Å². The monoisotopic (exact) mass is 368 g/mol. The predicted octanol–water partition coefficient (Wildman–Crippen LogP) is 3.63. The summed E-state index contributed by atoms with van der Waals surface area (Å²) in [6.45, 7) is 7.00. The molecule has 1 aliphatic rings. The minimum Gasteiger partial charge on any atom is -0.457 e. The van der Waals surface area contributed by atoms with Gasteiger partial charge in [-0.25, -0.2) is 0 Å². The lowest BCUT2D eigenvalue weighted by atomic mass is 9.54. The average molecular weight is 368 g/mol. The van der Waals surface area contributed by atoms with Crippen molar-refractivity contribution in [3.8, 4) is 11.5 Å². The van der Waals surface area contributed by atoms with Crippen LogP contribution in [-0.4, -0.2) is 24.2 Å². The molecule has 27 heavy (non-hydrogen) atoms. The Labute approximate surface area is 160 Å². The van der Waals surface area contributed by atoms with E-state index in [0.717, 1.165) is 17.1 Å². The van der Waals surface area contributed by atoms with Crippen LogP contribution in [-0.2, 0) is 16.1 Å². The number of benzene rings is 2. The van der Waals surface area contributed by atoms with Gasteiger partial charge in [-0.05, 0) is 36.8 Å². The average Bonchev–Trinajstić information content (AvgIpc) is 2.67. The third-order valence-electron chi connectivity index (χ3n) is 5.59. The Kier molecular flexibility index (Phi) is 5.53. The molecule has 2 aromatic carbocycles. The molecule has 0 radical (unpaired) electrons. The molecular weight excluding hydrogens is 340 g/mol. The van der Waals surface area contributed by atoms with Gasteiger partial charge < -0.3 is 20.5 Å². The summed E-state index contributed by atoms with van der Waals surface area (Å²) in [4.78, 5) is 12.7. The summed E-state index contributed by atoms with van der Waals surface area (Å²) in [6.07, 6.45) is 0.566. The van der Waals surface area contributed by atoms with E-state index in [1.54, 1.807) is 0 Å². The second-order valence-corrected chi connectivity index (χ2v) is 7.58. The van der Waals surface area contributed by atoms with E-state index in [1.165, 1.54) is 0 Å².